The number of aromatic nitrogens is 3. The van der Waals surface area contributed by atoms with Crippen LogP contribution in [0.15, 0.2) is 46.2 Å². The molecule has 0 unspecified atom stereocenters. The van der Waals surface area contributed by atoms with Gasteiger partial charge >= 0.3 is 0 Å². The van der Waals surface area contributed by atoms with Gasteiger partial charge in [-0.2, -0.15) is 0 Å². The molecule has 0 spiro atoms. The molecule has 0 aliphatic heterocycles. The first kappa shape index (κ1) is 16.9. The molecule has 2 heterocycles. The molecular weight excluding hydrogens is 346 g/mol. The molecule has 0 amide bonds. The maximum atomic E-state index is 6.01. The molecule has 3 rings (SSSR count). The molecule has 0 saturated heterocycles. The lowest BCUT2D eigenvalue weighted by atomic mass is 10.2. The van der Waals surface area contributed by atoms with E-state index in [9.17, 15) is 0 Å². The van der Waals surface area contributed by atoms with Gasteiger partial charge in [-0.3, -0.25) is 4.57 Å². The summed E-state index contributed by atoms with van der Waals surface area (Å²) in [7, 11) is 0. The predicted octanol–water partition coefficient (Wildman–Crippen LogP) is 4.69. The van der Waals surface area contributed by atoms with Crippen LogP contribution in [0.4, 0.5) is 0 Å². The first-order chi connectivity index (χ1) is 11.7. The van der Waals surface area contributed by atoms with Crippen molar-refractivity contribution in [1.29, 1.82) is 0 Å². The van der Waals surface area contributed by atoms with Crippen LogP contribution in [0, 0.1) is 6.92 Å². The van der Waals surface area contributed by atoms with Gasteiger partial charge in [0.1, 0.15) is 5.75 Å². The minimum Gasteiger partial charge on any atom is -0.493 e. The summed E-state index contributed by atoms with van der Waals surface area (Å²) in [6.45, 7) is 5.39. The highest BCUT2D eigenvalue weighted by Gasteiger charge is 2.14. The monoisotopic (exact) mass is 363 g/mol. The van der Waals surface area contributed by atoms with Crippen molar-refractivity contribution in [1.82, 2.24) is 14.8 Å². The van der Waals surface area contributed by atoms with Gasteiger partial charge in [-0.25, -0.2) is 0 Å². The second-order valence-electron chi connectivity index (χ2n) is 5.14. The van der Waals surface area contributed by atoms with E-state index in [4.69, 9.17) is 20.8 Å². The summed E-state index contributed by atoms with van der Waals surface area (Å²) in [6, 6.07) is 9.40. The number of thioether (sulfide) groups is 1. The first-order valence-electron chi connectivity index (χ1n) is 7.68. The van der Waals surface area contributed by atoms with Crippen molar-refractivity contribution in [2.75, 3.05) is 12.4 Å². The lowest BCUT2D eigenvalue weighted by Crippen LogP contribution is -2.03. The number of hydrogen-bond donors (Lipinski definition) is 0. The van der Waals surface area contributed by atoms with E-state index in [1.807, 2.05) is 41.8 Å². The molecule has 5 nitrogen and oxygen atoms in total. The van der Waals surface area contributed by atoms with Crippen LogP contribution in [0.2, 0.25) is 5.02 Å². The molecule has 1 aromatic carbocycles. The number of benzene rings is 1. The fourth-order valence-corrected chi connectivity index (χ4v) is 3.20. The third kappa shape index (κ3) is 3.76. The molecular formula is C17H18ClN3O2S. The molecule has 0 atom stereocenters. The van der Waals surface area contributed by atoms with E-state index in [2.05, 4.69) is 17.1 Å². The summed E-state index contributed by atoms with van der Waals surface area (Å²) >= 11 is 7.63. The van der Waals surface area contributed by atoms with Crippen LogP contribution in [0.1, 0.15) is 12.5 Å². The molecule has 0 bridgehead atoms. The maximum Gasteiger partial charge on any atom is 0.200 e. The third-order valence-electron chi connectivity index (χ3n) is 3.49. The van der Waals surface area contributed by atoms with Gasteiger partial charge in [0, 0.05) is 17.3 Å². The second-order valence-corrected chi connectivity index (χ2v) is 6.60. The summed E-state index contributed by atoms with van der Waals surface area (Å²) in [6.07, 6.45) is 1.64. The molecule has 7 heteroatoms. The highest BCUT2D eigenvalue weighted by Crippen LogP contribution is 2.25. The van der Waals surface area contributed by atoms with E-state index < -0.39 is 0 Å². The highest BCUT2D eigenvalue weighted by atomic mass is 35.5. The SMILES string of the molecule is CCn1c(SCCOc2ccc(Cl)c(C)c2)nnc1-c1ccco1. The summed E-state index contributed by atoms with van der Waals surface area (Å²) in [5.41, 5.74) is 1.01. The van der Waals surface area contributed by atoms with Gasteiger partial charge in [-0.1, -0.05) is 23.4 Å². The summed E-state index contributed by atoms with van der Waals surface area (Å²) < 4.78 is 13.2. The number of ether oxygens (including phenoxy) is 1. The Morgan fingerprint density at radius 1 is 1.29 bits per heavy atom. The van der Waals surface area contributed by atoms with Crippen molar-refractivity contribution in [3.8, 4) is 17.3 Å². The van der Waals surface area contributed by atoms with Crippen LogP contribution in [0.25, 0.3) is 11.6 Å². The maximum absolute atomic E-state index is 6.01. The molecule has 0 radical (unpaired) electrons. The van der Waals surface area contributed by atoms with Gasteiger partial charge < -0.3 is 9.15 Å². The van der Waals surface area contributed by atoms with Crippen molar-refractivity contribution in [2.45, 2.75) is 25.5 Å². The van der Waals surface area contributed by atoms with Crippen LogP contribution in [-0.2, 0) is 6.54 Å². The Kier molecular flexibility index (Phi) is 5.48. The first-order valence-corrected chi connectivity index (χ1v) is 9.04. The van der Waals surface area contributed by atoms with Crippen molar-refractivity contribution in [2.24, 2.45) is 0 Å². The predicted molar refractivity (Wildman–Crippen MR) is 95.8 cm³/mol. The summed E-state index contributed by atoms with van der Waals surface area (Å²) in [5.74, 6) is 3.08. The van der Waals surface area contributed by atoms with Crippen molar-refractivity contribution < 1.29 is 9.15 Å². The highest BCUT2D eigenvalue weighted by molar-refractivity contribution is 7.99. The fraction of sp³-hybridized carbons (Fsp3) is 0.294. The molecule has 24 heavy (non-hydrogen) atoms. The van der Waals surface area contributed by atoms with E-state index in [0.29, 0.717) is 6.61 Å². The largest absolute Gasteiger partial charge is 0.493 e. The molecule has 0 fully saturated rings. The van der Waals surface area contributed by atoms with E-state index >= 15 is 0 Å². The number of hydrogen-bond acceptors (Lipinski definition) is 5. The average molecular weight is 364 g/mol. The second kappa shape index (κ2) is 7.77. The number of aryl methyl sites for hydroxylation is 1. The van der Waals surface area contributed by atoms with E-state index in [0.717, 1.165) is 45.4 Å². The zero-order valence-electron chi connectivity index (χ0n) is 13.5. The van der Waals surface area contributed by atoms with Crippen molar-refractivity contribution in [3.05, 3.63) is 47.2 Å². The summed E-state index contributed by atoms with van der Waals surface area (Å²) in [5, 5.41) is 10.1. The van der Waals surface area contributed by atoms with Gasteiger partial charge in [-0.15, -0.1) is 10.2 Å². The van der Waals surface area contributed by atoms with E-state index in [-0.39, 0.29) is 0 Å². The van der Waals surface area contributed by atoms with Gasteiger partial charge in [0.2, 0.25) is 0 Å². The topological polar surface area (TPSA) is 53.1 Å². The fourth-order valence-electron chi connectivity index (χ4n) is 2.27. The zero-order chi connectivity index (χ0) is 16.9. The summed E-state index contributed by atoms with van der Waals surface area (Å²) in [4.78, 5) is 0. The number of furan rings is 1. The molecule has 0 saturated carbocycles. The van der Waals surface area contributed by atoms with Gasteiger partial charge in [0.15, 0.2) is 16.7 Å². The lowest BCUT2D eigenvalue weighted by Gasteiger charge is -2.08. The number of halogens is 1. The Hall–Kier alpha value is -1.92. The van der Waals surface area contributed by atoms with Gasteiger partial charge in [0.05, 0.1) is 12.9 Å². The van der Waals surface area contributed by atoms with Crippen molar-refractivity contribution in [3.63, 3.8) is 0 Å². The molecule has 0 aliphatic rings. The van der Waals surface area contributed by atoms with Crippen LogP contribution in [0.3, 0.4) is 0 Å². The number of nitrogens with zero attached hydrogens (tertiary/aromatic N) is 3. The minimum absolute atomic E-state index is 0.582. The quantitative estimate of drug-likeness (QED) is 0.450. The van der Waals surface area contributed by atoms with Crippen molar-refractivity contribution >= 4 is 23.4 Å². The Morgan fingerprint density at radius 3 is 2.88 bits per heavy atom. The average Bonchev–Trinajstić information content (AvgIpc) is 3.23. The lowest BCUT2D eigenvalue weighted by molar-refractivity contribution is 0.343. The van der Waals surface area contributed by atoms with E-state index in [1.54, 1.807) is 18.0 Å². The normalized spacial score (nSPS) is 11.0. The van der Waals surface area contributed by atoms with Gasteiger partial charge in [0.25, 0.3) is 0 Å². The Labute approximate surface area is 150 Å². The molecule has 126 valence electrons. The number of rotatable bonds is 7. The molecule has 2 aromatic heterocycles. The zero-order valence-corrected chi connectivity index (χ0v) is 15.1. The van der Waals surface area contributed by atoms with Crippen LogP contribution in [-0.4, -0.2) is 27.1 Å². The Balaban J connectivity index is 1.58. The third-order valence-corrected chi connectivity index (χ3v) is 4.84. The van der Waals surface area contributed by atoms with Gasteiger partial charge in [-0.05, 0) is 49.7 Å². The Bertz CT molecular complexity index is 802. The van der Waals surface area contributed by atoms with Crippen LogP contribution in [0.5, 0.6) is 5.75 Å². The van der Waals surface area contributed by atoms with Crippen LogP contribution >= 0.6 is 23.4 Å². The molecule has 0 aliphatic carbocycles. The smallest absolute Gasteiger partial charge is 0.200 e. The minimum atomic E-state index is 0.582. The Morgan fingerprint density at radius 2 is 2.17 bits per heavy atom. The molecule has 0 N–H and O–H groups in total. The molecule has 3 aromatic rings. The van der Waals surface area contributed by atoms with Crippen LogP contribution < -0.4 is 4.74 Å². The van der Waals surface area contributed by atoms with E-state index in [1.165, 1.54) is 0 Å². The standard InChI is InChI=1S/C17H18ClN3O2S/c1-3-21-16(15-5-4-8-23-15)19-20-17(21)24-10-9-22-13-6-7-14(18)12(2)11-13/h4-8,11H,3,9-10H2,1-2H3.